The van der Waals surface area contributed by atoms with Gasteiger partial charge in [-0.2, -0.15) is 0 Å². The van der Waals surface area contributed by atoms with Gasteiger partial charge in [-0.1, -0.05) is 24.3 Å². The smallest absolute Gasteiger partial charge is 0.109 e. The summed E-state index contributed by atoms with van der Waals surface area (Å²) in [6.45, 7) is 0. The molecule has 2 N–H and O–H groups in total. The van der Waals surface area contributed by atoms with Crippen LogP contribution in [0.2, 0.25) is 0 Å². The number of hydrogen-bond acceptors (Lipinski definition) is 4. The Morgan fingerprint density at radius 3 is 1.09 bits per heavy atom. The minimum Gasteiger partial charge on any atom is -0.385 e. The molecule has 0 radical (unpaired) electrons. The molecule has 0 aliphatic heterocycles. The first-order chi connectivity index (χ1) is 10.4. The molecule has 22 heavy (non-hydrogen) atoms. The van der Waals surface area contributed by atoms with Crippen LogP contribution in [0.25, 0.3) is 0 Å². The van der Waals surface area contributed by atoms with Crippen molar-refractivity contribution in [3.63, 3.8) is 0 Å². The van der Waals surface area contributed by atoms with Crippen molar-refractivity contribution in [1.29, 1.82) is 0 Å². The van der Waals surface area contributed by atoms with Crippen LogP contribution >= 0.6 is 0 Å². The molecule has 0 amide bonds. The molecule has 2 atom stereocenters. The summed E-state index contributed by atoms with van der Waals surface area (Å²) in [5.41, 5.74) is 3.52. The molecule has 0 spiro atoms. The Bertz CT molecular complexity index is 536. The van der Waals surface area contributed by atoms with Crippen LogP contribution in [0.1, 0.15) is 23.3 Å². The van der Waals surface area contributed by atoms with Crippen LogP contribution in [0.15, 0.2) is 48.5 Å². The fourth-order valence-electron chi connectivity index (χ4n) is 2.30. The van der Waals surface area contributed by atoms with Gasteiger partial charge in [0.05, 0.1) is 0 Å². The number of anilines is 2. The van der Waals surface area contributed by atoms with Crippen molar-refractivity contribution in [3.8, 4) is 0 Å². The molecule has 0 aromatic heterocycles. The quantitative estimate of drug-likeness (QED) is 0.891. The zero-order valence-corrected chi connectivity index (χ0v) is 13.6. The van der Waals surface area contributed by atoms with Crippen LogP contribution in [0.3, 0.4) is 0 Å². The molecule has 0 aliphatic carbocycles. The molecule has 0 fully saturated rings. The molecule has 0 saturated carbocycles. The third-order valence-corrected chi connectivity index (χ3v) is 3.80. The average molecular weight is 300 g/mol. The number of aliphatic hydroxyl groups is 2. The molecule has 0 saturated heterocycles. The molecule has 0 aliphatic rings. The number of rotatable bonds is 5. The molecule has 0 heterocycles. The summed E-state index contributed by atoms with van der Waals surface area (Å²) in [4.78, 5) is 3.99. The van der Waals surface area contributed by atoms with Gasteiger partial charge in [0.15, 0.2) is 0 Å². The van der Waals surface area contributed by atoms with E-state index >= 15 is 0 Å². The normalized spacial score (nSPS) is 13.5. The van der Waals surface area contributed by atoms with Crippen molar-refractivity contribution in [2.45, 2.75) is 12.2 Å². The van der Waals surface area contributed by atoms with Crippen molar-refractivity contribution in [2.75, 3.05) is 38.0 Å². The highest BCUT2D eigenvalue weighted by Gasteiger charge is 2.20. The van der Waals surface area contributed by atoms with E-state index in [9.17, 15) is 10.2 Å². The van der Waals surface area contributed by atoms with Crippen LogP contribution in [-0.4, -0.2) is 38.4 Å². The highest BCUT2D eigenvalue weighted by Crippen LogP contribution is 2.30. The number of aliphatic hydroxyl groups excluding tert-OH is 2. The van der Waals surface area contributed by atoms with E-state index < -0.39 is 12.2 Å². The number of nitrogens with zero attached hydrogens (tertiary/aromatic N) is 2. The second-order valence-electron chi connectivity index (χ2n) is 5.86. The fraction of sp³-hybridized carbons (Fsp3) is 0.333. The first-order valence-corrected chi connectivity index (χ1v) is 7.31. The van der Waals surface area contributed by atoms with E-state index in [0.29, 0.717) is 11.1 Å². The van der Waals surface area contributed by atoms with Gasteiger partial charge in [-0.15, -0.1) is 0 Å². The van der Waals surface area contributed by atoms with E-state index in [1.807, 2.05) is 86.5 Å². The highest BCUT2D eigenvalue weighted by atomic mass is 16.3. The maximum absolute atomic E-state index is 10.4. The van der Waals surface area contributed by atoms with Gasteiger partial charge >= 0.3 is 0 Å². The van der Waals surface area contributed by atoms with Gasteiger partial charge in [0.1, 0.15) is 12.2 Å². The van der Waals surface area contributed by atoms with E-state index in [2.05, 4.69) is 0 Å². The van der Waals surface area contributed by atoms with Crippen LogP contribution in [0, 0.1) is 0 Å². The fourth-order valence-corrected chi connectivity index (χ4v) is 2.30. The molecule has 118 valence electrons. The van der Waals surface area contributed by atoms with Gasteiger partial charge in [0.25, 0.3) is 0 Å². The van der Waals surface area contributed by atoms with Crippen molar-refractivity contribution < 1.29 is 10.2 Å². The van der Waals surface area contributed by atoms with Gasteiger partial charge in [-0.25, -0.2) is 0 Å². The molecule has 2 aromatic carbocycles. The summed E-state index contributed by atoms with van der Waals surface area (Å²) in [5.74, 6) is 0. The second kappa shape index (κ2) is 6.81. The van der Waals surface area contributed by atoms with Crippen LogP contribution in [0.5, 0.6) is 0 Å². The zero-order valence-electron chi connectivity index (χ0n) is 13.6. The standard InChI is InChI=1S/C18H24N2O2/c1-19(2)15-9-5-13(6-10-15)17(21)18(22)14-7-11-16(12-8-14)20(3)4/h5-12,17-18,21-22H,1-4H3/t17-,18+. The summed E-state index contributed by atoms with van der Waals surface area (Å²) in [5, 5.41) is 20.8. The Hall–Kier alpha value is -2.04. The van der Waals surface area contributed by atoms with Gasteiger partial charge in [-0.3, -0.25) is 0 Å². The molecule has 4 heteroatoms. The molecular formula is C18H24N2O2. The molecule has 2 rings (SSSR count). The van der Waals surface area contributed by atoms with E-state index in [4.69, 9.17) is 0 Å². The van der Waals surface area contributed by atoms with E-state index in [1.54, 1.807) is 0 Å². The number of benzene rings is 2. The summed E-state index contributed by atoms with van der Waals surface area (Å²) in [7, 11) is 7.86. The Balaban J connectivity index is 2.15. The highest BCUT2D eigenvalue weighted by molar-refractivity contribution is 5.48. The Morgan fingerprint density at radius 1 is 0.591 bits per heavy atom. The van der Waals surface area contributed by atoms with Crippen LogP contribution in [0.4, 0.5) is 11.4 Å². The molecule has 2 aromatic rings. The van der Waals surface area contributed by atoms with Gasteiger partial charge in [-0.05, 0) is 35.4 Å². The van der Waals surface area contributed by atoms with Gasteiger partial charge < -0.3 is 20.0 Å². The Kier molecular flexibility index (Phi) is 5.06. The minimum absolute atomic E-state index is 0.704. The average Bonchev–Trinajstić information content (AvgIpc) is 2.53. The topological polar surface area (TPSA) is 46.9 Å². The Labute approximate surface area is 132 Å². The van der Waals surface area contributed by atoms with Crippen LogP contribution in [-0.2, 0) is 0 Å². The molecule has 0 bridgehead atoms. The zero-order chi connectivity index (χ0) is 16.3. The lowest BCUT2D eigenvalue weighted by atomic mass is 9.98. The predicted octanol–water partition coefficient (Wildman–Crippen LogP) is 2.59. The lowest BCUT2D eigenvalue weighted by molar-refractivity contribution is 0.0172. The summed E-state index contributed by atoms with van der Waals surface area (Å²) in [6, 6.07) is 15.1. The molecular weight excluding hydrogens is 276 g/mol. The van der Waals surface area contributed by atoms with E-state index in [1.165, 1.54) is 0 Å². The number of hydrogen-bond donors (Lipinski definition) is 2. The maximum Gasteiger partial charge on any atom is 0.109 e. The summed E-state index contributed by atoms with van der Waals surface area (Å²) in [6.07, 6.45) is -1.89. The lowest BCUT2D eigenvalue weighted by Gasteiger charge is -2.21. The SMILES string of the molecule is CN(C)c1ccc([C@@H](O)[C@@H](O)c2ccc(N(C)C)cc2)cc1. The Morgan fingerprint density at radius 2 is 0.864 bits per heavy atom. The van der Waals surface area contributed by atoms with Crippen LogP contribution < -0.4 is 9.80 Å². The van der Waals surface area contributed by atoms with Crippen molar-refractivity contribution in [1.82, 2.24) is 0 Å². The maximum atomic E-state index is 10.4. The lowest BCUT2D eigenvalue weighted by Crippen LogP contribution is -2.12. The van der Waals surface area contributed by atoms with Crippen molar-refractivity contribution >= 4 is 11.4 Å². The van der Waals surface area contributed by atoms with E-state index in [0.717, 1.165) is 11.4 Å². The first kappa shape index (κ1) is 16.3. The third-order valence-electron chi connectivity index (χ3n) is 3.80. The predicted molar refractivity (Wildman–Crippen MR) is 91.5 cm³/mol. The monoisotopic (exact) mass is 300 g/mol. The molecule has 4 nitrogen and oxygen atoms in total. The van der Waals surface area contributed by atoms with Crippen molar-refractivity contribution in [3.05, 3.63) is 59.7 Å². The van der Waals surface area contributed by atoms with Crippen molar-refractivity contribution in [2.24, 2.45) is 0 Å². The largest absolute Gasteiger partial charge is 0.385 e. The minimum atomic E-state index is -0.943. The summed E-state index contributed by atoms with van der Waals surface area (Å²) < 4.78 is 0. The molecule has 0 unspecified atom stereocenters. The third kappa shape index (κ3) is 3.59. The van der Waals surface area contributed by atoms with Gasteiger partial charge in [0, 0.05) is 39.6 Å². The first-order valence-electron chi connectivity index (χ1n) is 7.31. The van der Waals surface area contributed by atoms with Gasteiger partial charge in [0.2, 0.25) is 0 Å². The summed E-state index contributed by atoms with van der Waals surface area (Å²) >= 11 is 0. The second-order valence-corrected chi connectivity index (χ2v) is 5.86. The van der Waals surface area contributed by atoms with E-state index in [-0.39, 0.29) is 0 Å².